The Morgan fingerprint density at radius 2 is 1.88 bits per heavy atom. The van der Waals surface area contributed by atoms with Crippen LogP contribution in [0.15, 0.2) is 41.5 Å². The molecule has 2 aromatic heterocycles. The zero-order valence-electron chi connectivity index (χ0n) is 24.0. The molecule has 4 rings (SSSR count). The quantitative estimate of drug-likeness (QED) is 0.312. The second-order valence-electron chi connectivity index (χ2n) is 11.2. The molecule has 0 saturated heterocycles. The monoisotopic (exact) mass is 583 g/mol. The van der Waals surface area contributed by atoms with Crippen molar-refractivity contribution in [2.24, 2.45) is 13.0 Å². The minimum Gasteiger partial charge on any atom is -0.481 e. The minimum absolute atomic E-state index is 0.0259. The lowest BCUT2D eigenvalue weighted by Gasteiger charge is -2.28. The highest BCUT2D eigenvalue weighted by molar-refractivity contribution is 5.97. The number of nitrogens with zero attached hydrogens (tertiary/aromatic N) is 3. The first-order valence-electron chi connectivity index (χ1n) is 13.9. The number of hydrogen-bond donors (Lipinski definition) is 3. The van der Waals surface area contributed by atoms with Gasteiger partial charge < -0.3 is 20.3 Å². The number of carbonyl (C=O) groups excluding carboxylic acids is 2. The third-order valence-electron chi connectivity index (χ3n) is 7.54. The summed E-state index contributed by atoms with van der Waals surface area (Å²) in [6.07, 6.45) is 5.26. The molecular formula is C30H35F2N5O5. The van der Waals surface area contributed by atoms with Crippen molar-refractivity contribution >= 4 is 17.8 Å². The Bertz CT molecular complexity index is 1540. The molecule has 3 N–H and O–H groups in total. The van der Waals surface area contributed by atoms with Crippen LogP contribution in [0.25, 0.3) is 11.3 Å². The summed E-state index contributed by atoms with van der Waals surface area (Å²) >= 11 is 0. The van der Waals surface area contributed by atoms with E-state index in [4.69, 9.17) is 0 Å². The van der Waals surface area contributed by atoms with Crippen molar-refractivity contribution in [3.05, 3.63) is 75.3 Å². The predicted molar refractivity (Wildman–Crippen MR) is 151 cm³/mol. The molecule has 2 amide bonds. The maximum absolute atomic E-state index is 15.2. The summed E-state index contributed by atoms with van der Waals surface area (Å²) in [6, 6.07) is 2.65. The van der Waals surface area contributed by atoms with Crippen LogP contribution >= 0.6 is 0 Å². The highest BCUT2D eigenvalue weighted by atomic mass is 19.2. The Morgan fingerprint density at radius 3 is 2.45 bits per heavy atom. The van der Waals surface area contributed by atoms with Crippen LogP contribution in [0.1, 0.15) is 79.5 Å². The van der Waals surface area contributed by atoms with Crippen LogP contribution in [0, 0.1) is 24.5 Å². The summed E-state index contributed by atoms with van der Waals surface area (Å²) in [5, 5.41) is 18.8. The first-order chi connectivity index (χ1) is 19.9. The number of halogens is 2. The molecule has 3 aromatic rings. The van der Waals surface area contributed by atoms with Gasteiger partial charge in [-0.05, 0) is 68.4 Å². The van der Waals surface area contributed by atoms with Gasteiger partial charge in [0.05, 0.1) is 24.4 Å². The Labute approximate surface area is 241 Å². The first-order valence-corrected chi connectivity index (χ1v) is 13.9. The number of carbonyl (C=O) groups is 3. The van der Waals surface area contributed by atoms with Gasteiger partial charge in [0, 0.05) is 30.4 Å². The van der Waals surface area contributed by atoms with E-state index in [2.05, 4.69) is 15.7 Å². The van der Waals surface area contributed by atoms with E-state index in [1.807, 2.05) is 13.8 Å². The van der Waals surface area contributed by atoms with Crippen LogP contribution in [0.3, 0.4) is 0 Å². The lowest BCUT2D eigenvalue weighted by atomic mass is 9.92. The van der Waals surface area contributed by atoms with Gasteiger partial charge in [-0.1, -0.05) is 13.8 Å². The van der Waals surface area contributed by atoms with Gasteiger partial charge in [-0.2, -0.15) is 5.10 Å². The van der Waals surface area contributed by atoms with Gasteiger partial charge in [-0.25, -0.2) is 8.78 Å². The molecule has 2 heterocycles. The number of hydrogen-bond acceptors (Lipinski definition) is 5. The number of benzene rings is 1. The number of aromatic nitrogens is 3. The number of pyridine rings is 1. The third kappa shape index (κ3) is 6.58. The lowest BCUT2D eigenvalue weighted by molar-refractivity contribution is -0.137. The normalized spacial score (nSPS) is 14.7. The van der Waals surface area contributed by atoms with E-state index < -0.39 is 53.5 Å². The molecule has 1 aliphatic rings. The first kappa shape index (κ1) is 30.6. The van der Waals surface area contributed by atoms with Gasteiger partial charge in [0.25, 0.3) is 11.5 Å². The number of rotatable bonds is 11. The second-order valence-corrected chi connectivity index (χ2v) is 11.2. The van der Waals surface area contributed by atoms with Crippen molar-refractivity contribution in [3.8, 4) is 11.3 Å². The zero-order chi connectivity index (χ0) is 30.7. The van der Waals surface area contributed by atoms with Crippen molar-refractivity contribution in [2.45, 2.75) is 71.0 Å². The Hall–Kier alpha value is -4.35. The Morgan fingerprint density at radius 1 is 1.17 bits per heavy atom. The van der Waals surface area contributed by atoms with Gasteiger partial charge in [-0.15, -0.1) is 0 Å². The average molecular weight is 584 g/mol. The number of carboxylic acids is 1. The molecule has 224 valence electrons. The van der Waals surface area contributed by atoms with E-state index in [1.165, 1.54) is 21.4 Å². The van der Waals surface area contributed by atoms with Crippen molar-refractivity contribution < 1.29 is 28.3 Å². The van der Waals surface area contributed by atoms with Crippen LogP contribution in [-0.4, -0.2) is 43.3 Å². The van der Waals surface area contributed by atoms with Crippen molar-refractivity contribution in [2.75, 3.05) is 0 Å². The van der Waals surface area contributed by atoms with Crippen molar-refractivity contribution in [3.63, 3.8) is 0 Å². The molecule has 42 heavy (non-hydrogen) atoms. The number of aliphatic carboxylic acids is 1. The van der Waals surface area contributed by atoms with E-state index in [-0.39, 0.29) is 35.1 Å². The average Bonchev–Trinajstić information content (AvgIpc) is 3.22. The van der Waals surface area contributed by atoms with Gasteiger partial charge >= 0.3 is 5.97 Å². The van der Waals surface area contributed by atoms with E-state index in [9.17, 15) is 28.7 Å². The molecule has 1 fully saturated rings. The standard InChI is InChI=1S/C30H35F2N5O5/c1-16(2)11-24(35-28(40)20-9-6-10-37(30(20)42)19-7-5-8-19)29(41)34-23(14-25(38)39)21-12-18(13-22(31)26(21)32)27-17(3)15-33-36(27)4/h6,9-10,12-13,15-16,19,23-24H,5,7-8,11,14H2,1-4H3,(H,34,41)(H,35,40)(H,38,39)/t23-,24-/m0/s1. The fourth-order valence-corrected chi connectivity index (χ4v) is 5.22. The largest absolute Gasteiger partial charge is 0.481 e. The zero-order valence-corrected chi connectivity index (χ0v) is 24.0. The number of amides is 2. The molecular weight excluding hydrogens is 548 g/mol. The molecule has 1 saturated carbocycles. The predicted octanol–water partition coefficient (Wildman–Crippen LogP) is 4.04. The molecule has 1 aromatic carbocycles. The topological polar surface area (TPSA) is 135 Å². The maximum Gasteiger partial charge on any atom is 0.305 e. The summed E-state index contributed by atoms with van der Waals surface area (Å²) in [5.74, 6) is -5.50. The highest BCUT2D eigenvalue weighted by Crippen LogP contribution is 2.31. The fourth-order valence-electron chi connectivity index (χ4n) is 5.22. The number of carboxylic acid groups (broad SMARTS) is 1. The molecule has 10 nitrogen and oxygen atoms in total. The smallest absolute Gasteiger partial charge is 0.305 e. The maximum atomic E-state index is 15.2. The van der Waals surface area contributed by atoms with Crippen LogP contribution in [0.5, 0.6) is 0 Å². The van der Waals surface area contributed by atoms with Crippen molar-refractivity contribution in [1.29, 1.82) is 0 Å². The summed E-state index contributed by atoms with van der Waals surface area (Å²) in [7, 11) is 1.63. The van der Waals surface area contributed by atoms with Gasteiger partial charge in [0.15, 0.2) is 11.6 Å². The van der Waals surface area contributed by atoms with Crippen molar-refractivity contribution in [1.82, 2.24) is 25.0 Å². The Balaban J connectivity index is 1.64. The van der Waals surface area contributed by atoms with Gasteiger partial charge in [-0.3, -0.25) is 23.9 Å². The van der Waals surface area contributed by atoms with E-state index in [0.717, 1.165) is 25.3 Å². The van der Waals surface area contributed by atoms with Gasteiger partial charge in [0.2, 0.25) is 5.91 Å². The SMILES string of the molecule is Cc1cnn(C)c1-c1cc(F)c(F)c([C@H](CC(=O)O)NC(=O)[C@H](CC(C)C)NC(=O)c2cccn(C3CCC3)c2=O)c1. The number of aryl methyl sites for hydroxylation is 2. The molecule has 0 unspecified atom stereocenters. The van der Waals surface area contributed by atoms with Crippen LogP contribution < -0.4 is 16.2 Å². The molecule has 0 bridgehead atoms. The molecule has 12 heteroatoms. The summed E-state index contributed by atoms with van der Waals surface area (Å²) in [5.41, 5.74) is 0.487. The molecule has 0 radical (unpaired) electrons. The van der Waals surface area contributed by atoms with E-state index >= 15 is 4.39 Å². The second kappa shape index (κ2) is 12.7. The molecule has 1 aliphatic carbocycles. The molecule has 2 atom stereocenters. The minimum atomic E-state index is -1.46. The highest BCUT2D eigenvalue weighted by Gasteiger charge is 2.30. The van der Waals surface area contributed by atoms with E-state index in [1.54, 1.807) is 32.4 Å². The summed E-state index contributed by atoms with van der Waals surface area (Å²) < 4.78 is 33.0. The lowest BCUT2D eigenvalue weighted by Crippen LogP contribution is -2.49. The van der Waals surface area contributed by atoms with E-state index in [0.29, 0.717) is 11.3 Å². The molecule has 0 aliphatic heterocycles. The fraction of sp³-hybridized carbons (Fsp3) is 0.433. The van der Waals surface area contributed by atoms with Gasteiger partial charge in [0.1, 0.15) is 11.6 Å². The Kier molecular flexibility index (Phi) is 9.23. The van der Waals surface area contributed by atoms with Crippen LogP contribution in [0.2, 0.25) is 0 Å². The number of nitrogens with one attached hydrogen (secondary N) is 2. The summed E-state index contributed by atoms with van der Waals surface area (Å²) in [4.78, 5) is 51.5. The van der Waals surface area contributed by atoms with Crippen LogP contribution in [-0.2, 0) is 16.6 Å². The summed E-state index contributed by atoms with van der Waals surface area (Å²) in [6.45, 7) is 5.39. The third-order valence-corrected chi connectivity index (χ3v) is 7.54. The van der Waals surface area contributed by atoms with Crippen LogP contribution in [0.4, 0.5) is 8.78 Å². The molecule has 0 spiro atoms.